The van der Waals surface area contributed by atoms with Gasteiger partial charge in [0.1, 0.15) is 12.1 Å². The highest BCUT2D eigenvalue weighted by molar-refractivity contribution is 5.75. The first-order valence-electron chi connectivity index (χ1n) is 6.03. The number of ether oxygens (including phenoxy) is 1. The third-order valence-corrected chi connectivity index (χ3v) is 2.34. The molecule has 19 heavy (non-hydrogen) atoms. The van der Waals surface area contributed by atoms with E-state index in [0.717, 1.165) is 0 Å². The molecule has 3 unspecified atom stereocenters. The summed E-state index contributed by atoms with van der Waals surface area (Å²) >= 11 is 0. The molecule has 0 spiro atoms. The van der Waals surface area contributed by atoms with Gasteiger partial charge in [-0.05, 0) is 13.3 Å². The van der Waals surface area contributed by atoms with Crippen LogP contribution in [-0.4, -0.2) is 48.8 Å². The lowest BCUT2D eigenvalue weighted by atomic mass is 10.2. The maximum Gasteiger partial charge on any atom is 0.344 e. The summed E-state index contributed by atoms with van der Waals surface area (Å²) in [4.78, 5) is 32.5. The highest BCUT2D eigenvalue weighted by Crippen LogP contribution is 2.17. The average Bonchev–Trinajstić information content (AvgIpc) is 3.13. The van der Waals surface area contributed by atoms with Crippen molar-refractivity contribution in [2.75, 3.05) is 19.8 Å². The van der Waals surface area contributed by atoms with E-state index in [1.165, 1.54) is 5.06 Å². The Morgan fingerprint density at radius 1 is 1.53 bits per heavy atom. The predicted octanol–water partition coefficient (Wildman–Crippen LogP) is -0.485. The van der Waals surface area contributed by atoms with Crippen molar-refractivity contribution in [2.24, 2.45) is 0 Å². The second kappa shape index (κ2) is 7.68. The SMILES string of the molecule is CCOC(=O)CONC(CC)C(=O)ON1CC1C#N. The van der Waals surface area contributed by atoms with Gasteiger partial charge in [-0.2, -0.15) is 10.7 Å². The van der Waals surface area contributed by atoms with E-state index >= 15 is 0 Å². The normalized spacial score (nSPS) is 22.2. The first-order chi connectivity index (χ1) is 9.12. The zero-order valence-electron chi connectivity index (χ0n) is 10.9. The van der Waals surface area contributed by atoms with E-state index in [4.69, 9.17) is 14.9 Å². The summed E-state index contributed by atoms with van der Waals surface area (Å²) in [7, 11) is 0. The molecule has 1 rings (SSSR count). The molecule has 0 aromatic carbocycles. The van der Waals surface area contributed by atoms with Gasteiger partial charge in [-0.15, -0.1) is 5.06 Å². The molecule has 0 saturated carbocycles. The predicted molar refractivity (Wildman–Crippen MR) is 62.0 cm³/mol. The number of nitrogens with one attached hydrogen (secondary N) is 1. The summed E-state index contributed by atoms with van der Waals surface area (Å²) in [6.07, 6.45) is 0.423. The van der Waals surface area contributed by atoms with Crippen LogP contribution in [0.4, 0.5) is 0 Å². The van der Waals surface area contributed by atoms with Crippen molar-refractivity contribution in [2.45, 2.75) is 32.4 Å². The third-order valence-electron chi connectivity index (χ3n) is 2.34. The van der Waals surface area contributed by atoms with Gasteiger partial charge in [0.25, 0.3) is 0 Å². The Balaban J connectivity index is 2.23. The molecule has 106 valence electrons. The fourth-order valence-electron chi connectivity index (χ4n) is 1.21. The molecule has 1 aliphatic heterocycles. The number of nitriles is 1. The van der Waals surface area contributed by atoms with Crippen LogP contribution in [0, 0.1) is 11.3 Å². The lowest BCUT2D eigenvalue weighted by Gasteiger charge is -2.15. The molecule has 8 nitrogen and oxygen atoms in total. The quantitative estimate of drug-likeness (QED) is 0.359. The molecule has 0 aromatic heterocycles. The summed E-state index contributed by atoms with van der Waals surface area (Å²) in [5.41, 5.74) is 2.44. The Kier molecular flexibility index (Phi) is 6.21. The van der Waals surface area contributed by atoms with Crippen LogP contribution in [0.5, 0.6) is 0 Å². The molecule has 1 fully saturated rings. The van der Waals surface area contributed by atoms with Crippen LogP contribution in [0.3, 0.4) is 0 Å². The molecule has 8 heteroatoms. The minimum absolute atomic E-state index is 0.270. The number of nitrogens with zero attached hydrogens (tertiary/aromatic N) is 2. The van der Waals surface area contributed by atoms with Gasteiger partial charge in [0, 0.05) is 0 Å². The molecule has 1 heterocycles. The van der Waals surface area contributed by atoms with Gasteiger partial charge in [0.15, 0.2) is 6.61 Å². The smallest absolute Gasteiger partial charge is 0.344 e. The molecule has 0 amide bonds. The topological polar surface area (TPSA) is 101 Å². The molecule has 1 N–H and O–H groups in total. The van der Waals surface area contributed by atoms with E-state index in [0.29, 0.717) is 13.0 Å². The van der Waals surface area contributed by atoms with Gasteiger partial charge in [-0.1, -0.05) is 6.92 Å². The zero-order valence-corrected chi connectivity index (χ0v) is 10.9. The largest absolute Gasteiger partial charge is 0.464 e. The van der Waals surface area contributed by atoms with Crippen LogP contribution in [-0.2, 0) is 24.0 Å². The molecule has 0 aliphatic carbocycles. The minimum atomic E-state index is -0.700. The highest BCUT2D eigenvalue weighted by atomic mass is 16.7. The minimum Gasteiger partial charge on any atom is -0.464 e. The molecule has 0 aromatic rings. The Morgan fingerprint density at radius 2 is 2.26 bits per heavy atom. The van der Waals surface area contributed by atoms with Gasteiger partial charge < -0.3 is 9.57 Å². The van der Waals surface area contributed by atoms with Crippen molar-refractivity contribution >= 4 is 11.9 Å². The number of esters is 1. The fourth-order valence-corrected chi connectivity index (χ4v) is 1.21. The molecular weight excluding hydrogens is 254 g/mol. The highest BCUT2D eigenvalue weighted by Gasteiger charge is 2.39. The monoisotopic (exact) mass is 271 g/mol. The molecular formula is C11H17N3O5. The second-order valence-electron chi connectivity index (χ2n) is 3.83. The van der Waals surface area contributed by atoms with E-state index in [1.807, 2.05) is 6.07 Å². The lowest BCUT2D eigenvalue weighted by Crippen LogP contribution is -2.39. The Labute approximate surface area is 111 Å². The first kappa shape index (κ1) is 15.4. The molecule has 1 aliphatic rings. The second-order valence-corrected chi connectivity index (χ2v) is 3.83. The maximum atomic E-state index is 11.7. The van der Waals surface area contributed by atoms with Crippen LogP contribution in [0.25, 0.3) is 0 Å². The van der Waals surface area contributed by atoms with E-state index < -0.39 is 18.0 Å². The van der Waals surface area contributed by atoms with Crippen LogP contribution < -0.4 is 5.48 Å². The van der Waals surface area contributed by atoms with Gasteiger partial charge >= 0.3 is 11.9 Å². The number of rotatable bonds is 8. The van der Waals surface area contributed by atoms with Crippen LogP contribution >= 0.6 is 0 Å². The van der Waals surface area contributed by atoms with Crippen molar-refractivity contribution < 1.29 is 24.0 Å². The summed E-state index contributed by atoms with van der Waals surface area (Å²) < 4.78 is 4.66. The summed E-state index contributed by atoms with van der Waals surface area (Å²) in [6.45, 7) is 3.85. The summed E-state index contributed by atoms with van der Waals surface area (Å²) in [6, 6.07) is 0.900. The van der Waals surface area contributed by atoms with Gasteiger partial charge in [0.2, 0.25) is 0 Å². The Morgan fingerprint density at radius 3 is 2.79 bits per heavy atom. The standard InChI is InChI=1S/C11H17N3O5/c1-3-9(13-18-7-10(15)17-4-2)11(16)19-14-6-8(14)5-12/h8-9,13H,3-4,6-7H2,1-2H3. The van der Waals surface area contributed by atoms with E-state index in [9.17, 15) is 9.59 Å². The third kappa shape index (κ3) is 5.21. The molecule has 0 bridgehead atoms. The fraction of sp³-hybridized carbons (Fsp3) is 0.727. The number of carbonyl (C=O) groups is 2. The van der Waals surface area contributed by atoms with E-state index in [-0.39, 0.29) is 19.3 Å². The van der Waals surface area contributed by atoms with Gasteiger partial charge in [0.05, 0.1) is 19.2 Å². The summed E-state index contributed by atoms with van der Waals surface area (Å²) in [5, 5.41) is 9.84. The van der Waals surface area contributed by atoms with Crippen LogP contribution in [0.1, 0.15) is 20.3 Å². The Hall–Kier alpha value is -1.69. The number of hydrogen-bond donors (Lipinski definition) is 1. The van der Waals surface area contributed by atoms with Crippen molar-refractivity contribution in [3.63, 3.8) is 0 Å². The average molecular weight is 271 g/mol. The number of carbonyl (C=O) groups excluding carboxylic acids is 2. The Bertz CT molecular complexity index is 368. The first-order valence-corrected chi connectivity index (χ1v) is 6.03. The van der Waals surface area contributed by atoms with E-state index in [1.54, 1.807) is 13.8 Å². The lowest BCUT2D eigenvalue weighted by molar-refractivity contribution is -0.176. The van der Waals surface area contributed by atoms with E-state index in [2.05, 4.69) is 10.2 Å². The van der Waals surface area contributed by atoms with Crippen LogP contribution in [0.15, 0.2) is 0 Å². The molecule has 1 saturated heterocycles. The maximum absolute atomic E-state index is 11.7. The van der Waals surface area contributed by atoms with Gasteiger partial charge in [-0.25, -0.2) is 9.59 Å². The van der Waals surface area contributed by atoms with Crippen molar-refractivity contribution in [1.82, 2.24) is 10.5 Å². The number of hydroxylamine groups is 3. The van der Waals surface area contributed by atoms with Crippen molar-refractivity contribution in [3.05, 3.63) is 0 Å². The molecule has 3 atom stereocenters. The molecule has 0 radical (unpaired) electrons. The van der Waals surface area contributed by atoms with Gasteiger partial charge in [-0.3, -0.25) is 4.84 Å². The van der Waals surface area contributed by atoms with Crippen LogP contribution in [0.2, 0.25) is 0 Å². The summed E-state index contributed by atoms with van der Waals surface area (Å²) in [5.74, 6) is -1.07. The zero-order chi connectivity index (χ0) is 14.3. The number of hydrogen-bond acceptors (Lipinski definition) is 8. The van der Waals surface area contributed by atoms with Crippen molar-refractivity contribution in [1.29, 1.82) is 5.26 Å². The van der Waals surface area contributed by atoms with Crippen molar-refractivity contribution in [3.8, 4) is 6.07 Å².